The van der Waals surface area contributed by atoms with E-state index in [9.17, 15) is 9.59 Å². The molecule has 94 valence electrons. The smallest absolute Gasteiger partial charge is 0.329 e. The van der Waals surface area contributed by atoms with Crippen molar-refractivity contribution in [3.05, 3.63) is 17.5 Å². The number of nitrogens with zero attached hydrogens (tertiary/aromatic N) is 2. The molecule has 0 saturated heterocycles. The Bertz CT molecular complexity index is 414. The summed E-state index contributed by atoms with van der Waals surface area (Å²) in [5, 5.41) is 14.9. The van der Waals surface area contributed by atoms with Crippen LogP contribution in [0.5, 0.6) is 0 Å². The summed E-state index contributed by atoms with van der Waals surface area (Å²) in [4.78, 5) is 21.8. The molecule has 0 bridgehead atoms. The maximum atomic E-state index is 11.6. The van der Waals surface area contributed by atoms with Gasteiger partial charge in [0, 0.05) is 19.3 Å². The van der Waals surface area contributed by atoms with Gasteiger partial charge in [0.05, 0.1) is 18.4 Å². The highest BCUT2D eigenvalue weighted by atomic mass is 16.5. The van der Waals surface area contributed by atoms with E-state index >= 15 is 0 Å². The second-order valence-corrected chi connectivity index (χ2v) is 3.47. The zero-order valence-electron chi connectivity index (χ0n) is 9.77. The SMILES string of the molecule is Cc1c(C(=O)NCCOCC(=O)O)cnn1C. The molecule has 2 N–H and O–H groups in total. The van der Waals surface area contributed by atoms with Gasteiger partial charge in [0.2, 0.25) is 0 Å². The summed E-state index contributed by atoms with van der Waals surface area (Å²) in [5.41, 5.74) is 1.28. The maximum Gasteiger partial charge on any atom is 0.329 e. The van der Waals surface area contributed by atoms with Crippen LogP contribution in [0.2, 0.25) is 0 Å². The van der Waals surface area contributed by atoms with Crippen molar-refractivity contribution in [2.45, 2.75) is 6.92 Å². The molecule has 0 unspecified atom stereocenters. The molecule has 0 fully saturated rings. The van der Waals surface area contributed by atoms with Crippen molar-refractivity contribution in [1.82, 2.24) is 15.1 Å². The number of ether oxygens (including phenoxy) is 1. The molecule has 7 heteroatoms. The van der Waals surface area contributed by atoms with Gasteiger partial charge in [-0.1, -0.05) is 0 Å². The van der Waals surface area contributed by atoms with Crippen LogP contribution in [0.25, 0.3) is 0 Å². The highest BCUT2D eigenvalue weighted by Gasteiger charge is 2.11. The van der Waals surface area contributed by atoms with Gasteiger partial charge in [-0.05, 0) is 6.92 Å². The Kier molecular flexibility index (Phi) is 4.65. The summed E-state index contributed by atoms with van der Waals surface area (Å²) in [6.45, 7) is 1.86. The molecule has 0 saturated carbocycles. The van der Waals surface area contributed by atoms with Crippen LogP contribution >= 0.6 is 0 Å². The van der Waals surface area contributed by atoms with Crippen LogP contribution in [-0.4, -0.2) is 46.5 Å². The first-order valence-corrected chi connectivity index (χ1v) is 5.08. The first-order chi connectivity index (χ1) is 8.02. The van der Waals surface area contributed by atoms with Gasteiger partial charge in [0.15, 0.2) is 0 Å². The number of amides is 1. The normalized spacial score (nSPS) is 10.2. The molecule has 0 spiro atoms. The van der Waals surface area contributed by atoms with Crippen LogP contribution in [0.4, 0.5) is 0 Å². The van der Waals surface area contributed by atoms with Crippen molar-refractivity contribution in [3.63, 3.8) is 0 Å². The first-order valence-electron chi connectivity index (χ1n) is 5.08. The maximum absolute atomic E-state index is 11.6. The number of aliphatic carboxylic acids is 1. The number of carbonyl (C=O) groups excluding carboxylic acids is 1. The third kappa shape index (κ3) is 3.87. The van der Waals surface area contributed by atoms with Gasteiger partial charge >= 0.3 is 5.97 Å². The van der Waals surface area contributed by atoms with Crippen molar-refractivity contribution in [1.29, 1.82) is 0 Å². The minimum absolute atomic E-state index is 0.164. The number of nitrogens with one attached hydrogen (secondary N) is 1. The number of carboxylic acid groups (broad SMARTS) is 1. The molecule has 1 rings (SSSR count). The lowest BCUT2D eigenvalue weighted by Crippen LogP contribution is -2.28. The van der Waals surface area contributed by atoms with Gasteiger partial charge < -0.3 is 15.2 Å². The average Bonchev–Trinajstić information content (AvgIpc) is 2.59. The zero-order chi connectivity index (χ0) is 12.8. The summed E-state index contributed by atoms with van der Waals surface area (Å²) in [6.07, 6.45) is 1.49. The van der Waals surface area contributed by atoms with Crippen LogP contribution in [-0.2, 0) is 16.6 Å². The van der Waals surface area contributed by atoms with E-state index in [0.717, 1.165) is 5.69 Å². The highest BCUT2D eigenvalue weighted by molar-refractivity contribution is 5.94. The standard InChI is InChI=1S/C10H15N3O4/c1-7-8(5-12-13(7)2)10(16)11-3-4-17-6-9(14)15/h5H,3-4,6H2,1-2H3,(H,11,16)(H,14,15). The lowest BCUT2D eigenvalue weighted by atomic mass is 10.2. The summed E-state index contributed by atoms with van der Waals surface area (Å²) in [7, 11) is 1.75. The molecule has 0 aliphatic carbocycles. The van der Waals surface area contributed by atoms with Gasteiger partial charge in [0.25, 0.3) is 5.91 Å². The third-order valence-corrected chi connectivity index (χ3v) is 2.24. The predicted molar refractivity (Wildman–Crippen MR) is 58.7 cm³/mol. The van der Waals surface area contributed by atoms with Crippen molar-refractivity contribution in [2.24, 2.45) is 7.05 Å². The molecule has 1 aromatic rings. The largest absolute Gasteiger partial charge is 0.480 e. The number of hydrogen-bond acceptors (Lipinski definition) is 4. The lowest BCUT2D eigenvalue weighted by molar-refractivity contribution is -0.142. The third-order valence-electron chi connectivity index (χ3n) is 2.24. The van der Waals surface area contributed by atoms with Gasteiger partial charge in [0.1, 0.15) is 6.61 Å². The zero-order valence-corrected chi connectivity index (χ0v) is 9.77. The van der Waals surface area contributed by atoms with Gasteiger partial charge in [-0.15, -0.1) is 0 Å². The second-order valence-electron chi connectivity index (χ2n) is 3.47. The van der Waals surface area contributed by atoms with Crippen LogP contribution in [0.15, 0.2) is 6.20 Å². The van der Waals surface area contributed by atoms with Gasteiger partial charge in [-0.2, -0.15) is 5.10 Å². The fraction of sp³-hybridized carbons (Fsp3) is 0.500. The Hall–Kier alpha value is -1.89. The first kappa shape index (κ1) is 13.2. The van der Waals surface area contributed by atoms with Crippen LogP contribution in [0, 0.1) is 6.92 Å². The Morgan fingerprint density at radius 2 is 2.29 bits per heavy atom. The molecule has 0 aliphatic heterocycles. The van der Waals surface area contributed by atoms with Crippen molar-refractivity contribution < 1.29 is 19.4 Å². The number of rotatable bonds is 6. The number of aromatic nitrogens is 2. The van der Waals surface area contributed by atoms with Gasteiger partial charge in [-0.3, -0.25) is 9.48 Å². The highest BCUT2D eigenvalue weighted by Crippen LogP contribution is 2.04. The molecule has 7 nitrogen and oxygen atoms in total. The van der Waals surface area contributed by atoms with Crippen LogP contribution in [0.3, 0.4) is 0 Å². The minimum atomic E-state index is -1.03. The van der Waals surface area contributed by atoms with E-state index in [4.69, 9.17) is 9.84 Å². The quantitative estimate of drug-likeness (QED) is 0.658. The lowest BCUT2D eigenvalue weighted by Gasteiger charge is -2.04. The van der Waals surface area contributed by atoms with Crippen LogP contribution in [0.1, 0.15) is 16.1 Å². The Labute approximate surface area is 98.4 Å². The fourth-order valence-corrected chi connectivity index (χ4v) is 1.21. The molecule has 0 aromatic carbocycles. The topological polar surface area (TPSA) is 93.4 Å². The van der Waals surface area contributed by atoms with E-state index in [1.807, 2.05) is 0 Å². The molecular formula is C10H15N3O4. The van der Waals surface area contributed by atoms with E-state index in [1.54, 1.807) is 18.7 Å². The predicted octanol–water partition coefficient (Wildman–Crippen LogP) is -0.440. The minimum Gasteiger partial charge on any atom is -0.480 e. The summed E-state index contributed by atoms with van der Waals surface area (Å²) in [6, 6.07) is 0. The Morgan fingerprint density at radius 1 is 1.59 bits per heavy atom. The van der Waals surface area contributed by atoms with Gasteiger partial charge in [-0.25, -0.2) is 4.79 Å². The van der Waals surface area contributed by atoms with Crippen molar-refractivity contribution in [3.8, 4) is 0 Å². The van der Waals surface area contributed by atoms with Crippen LogP contribution < -0.4 is 5.32 Å². The number of carboxylic acids is 1. The fourth-order valence-electron chi connectivity index (χ4n) is 1.21. The van der Waals surface area contributed by atoms with E-state index in [0.29, 0.717) is 5.56 Å². The van der Waals surface area contributed by atoms with E-state index in [-0.39, 0.29) is 25.7 Å². The molecule has 1 aromatic heterocycles. The Morgan fingerprint density at radius 3 is 2.82 bits per heavy atom. The number of carbonyl (C=O) groups is 2. The van der Waals surface area contributed by atoms with E-state index in [1.165, 1.54) is 6.20 Å². The summed E-state index contributed by atoms with van der Waals surface area (Å²) in [5.74, 6) is -1.27. The Balaban J connectivity index is 2.31. The molecule has 0 radical (unpaired) electrons. The van der Waals surface area contributed by atoms with E-state index < -0.39 is 5.97 Å². The molecular weight excluding hydrogens is 226 g/mol. The van der Waals surface area contributed by atoms with Crippen molar-refractivity contribution >= 4 is 11.9 Å². The average molecular weight is 241 g/mol. The summed E-state index contributed by atoms with van der Waals surface area (Å²) >= 11 is 0. The van der Waals surface area contributed by atoms with E-state index in [2.05, 4.69) is 10.4 Å². The molecule has 0 atom stereocenters. The van der Waals surface area contributed by atoms with Crippen molar-refractivity contribution in [2.75, 3.05) is 19.8 Å². The second kappa shape index (κ2) is 6.00. The molecule has 1 heterocycles. The number of aryl methyl sites for hydroxylation is 1. The summed E-state index contributed by atoms with van der Waals surface area (Å²) < 4.78 is 6.39. The molecule has 1 amide bonds. The monoisotopic (exact) mass is 241 g/mol. The molecule has 0 aliphatic rings. The molecule has 17 heavy (non-hydrogen) atoms. The number of hydrogen-bond donors (Lipinski definition) is 2.